The van der Waals surface area contributed by atoms with Gasteiger partial charge in [0.1, 0.15) is 29.6 Å². The van der Waals surface area contributed by atoms with Gasteiger partial charge >= 0.3 is 12.1 Å². The van der Waals surface area contributed by atoms with E-state index < -0.39 is 12.1 Å². The summed E-state index contributed by atoms with van der Waals surface area (Å²) in [6.45, 7) is 1.39. The first-order valence-corrected chi connectivity index (χ1v) is 10.4. The molecule has 3 heterocycles. The summed E-state index contributed by atoms with van der Waals surface area (Å²) < 4.78 is 48.1. The van der Waals surface area contributed by atoms with Gasteiger partial charge in [-0.2, -0.15) is 13.2 Å². The summed E-state index contributed by atoms with van der Waals surface area (Å²) in [4.78, 5) is 27.5. The number of carbonyl (C=O) groups excluding carboxylic acids is 1. The fraction of sp³-hybridized carbons (Fsp3) is 0.304. The Bertz CT molecular complexity index is 1130. The molecule has 0 atom stereocenters. The van der Waals surface area contributed by atoms with E-state index in [-0.39, 0.29) is 12.5 Å². The third-order valence-electron chi connectivity index (χ3n) is 5.03. The minimum atomic E-state index is -5.08. The fourth-order valence-corrected chi connectivity index (χ4v) is 3.20. The maximum atomic E-state index is 12.7. The first-order valence-electron chi connectivity index (χ1n) is 10.4. The molecule has 1 aliphatic rings. The summed E-state index contributed by atoms with van der Waals surface area (Å²) in [5.41, 5.74) is 2.63. The highest BCUT2D eigenvalue weighted by Gasteiger charge is 2.38. The molecule has 0 saturated heterocycles. The zero-order valence-corrected chi connectivity index (χ0v) is 18.6. The second kappa shape index (κ2) is 11.4. The number of methoxy groups -OCH3 is 1. The molecule has 3 aromatic rings. The molecule has 2 aromatic heterocycles. The van der Waals surface area contributed by atoms with Gasteiger partial charge in [0.25, 0.3) is 0 Å². The molecule has 1 aliphatic heterocycles. The van der Waals surface area contributed by atoms with E-state index in [1.807, 2.05) is 41.3 Å². The highest BCUT2D eigenvalue weighted by molar-refractivity contribution is 5.79. The number of aromatic nitrogens is 2. The normalized spacial score (nSPS) is 12.7. The Kier molecular flexibility index (Phi) is 8.29. The van der Waals surface area contributed by atoms with Crippen molar-refractivity contribution in [2.75, 3.05) is 13.7 Å². The first kappa shape index (κ1) is 25.5. The number of carbonyl (C=O) groups is 2. The number of halogens is 3. The SMILES string of the molecule is COc1ccc(CC(=O)N2CCc3onc(COc4cccnc4)c3C2)cc1.O=C(O)C(F)(F)F. The summed E-state index contributed by atoms with van der Waals surface area (Å²) in [5, 5.41) is 11.3. The van der Waals surface area contributed by atoms with E-state index in [1.54, 1.807) is 19.5 Å². The molecule has 0 radical (unpaired) electrons. The first-order chi connectivity index (χ1) is 16.7. The number of amides is 1. The second-order valence-corrected chi connectivity index (χ2v) is 7.40. The molecule has 0 unspecified atom stereocenters. The molecule has 1 aromatic carbocycles. The van der Waals surface area contributed by atoms with Crippen LogP contribution in [0.25, 0.3) is 0 Å². The van der Waals surface area contributed by atoms with E-state index in [0.717, 1.165) is 28.3 Å². The number of pyridine rings is 1. The van der Waals surface area contributed by atoms with Crippen LogP contribution in [0.4, 0.5) is 13.2 Å². The molecule has 0 bridgehead atoms. The molecular weight excluding hydrogens is 471 g/mol. The lowest BCUT2D eigenvalue weighted by Crippen LogP contribution is -2.36. The second-order valence-electron chi connectivity index (χ2n) is 7.40. The van der Waals surface area contributed by atoms with Gasteiger partial charge in [-0.05, 0) is 29.8 Å². The lowest BCUT2D eigenvalue weighted by molar-refractivity contribution is -0.192. The van der Waals surface area contributed by atoms with Crippen molar-refractivity contribution in [3.05, 3.63) is 71.4 Å². The number of ether oxygens (including phenoxy) is 2. The number of fused-ring (bicyclic) bond motifs is 1. The van der Waals surface area contributed by atoms with Gasteiger partial charge < -0.3 is 24.0 Å². The summed E-state index contributed by atoms with van der Waals surface area (Å²) in [5.74, 6) is -0.397. The van der Waals surface area contributed by atoms with E-state index in [9.17, 15) is 18.0 Å². The molecule has 1 amide bonds. The van der Waals surface area contributed by atoms with Gasteiger partial charge in [-0.25, -0.2) is 4.79 Å². The number of hydrogen-bond donors (Lipinski definition) is 1. The minimum Gasteiger partial charge on any atom is -0.497 e. The summed E-state index contributed by atoms with van der Waals surface area (Å²) in [6.07, 6.45) is -0.732. The Morgan fingerprint density at radius 3 is 2.49 bits per heavy atom. The van der Waals surface area contributed by atoms with E-state index in [0.29, 0.717) is 31.7 Å². The van der Waals surface area contributed by atoms with Crippen LogP contribution in [-0.4, -0.2) is 51.9 Å². The van der Waals surface area contributed by atoms with Crippen LogP contribution in [-0.2, 0) is 35.6 Å². The molecular formula is C23H22F3N3O6. The van der Waals surface area contributed by atoms with Crippen molar-refractivity contribution in [2.45, 2.75) is 32.2 Å². The van der Waals surface area contributed by atoms with Gasteiger partial charge in [0.05, 0.1) is 26.3 Å². The Balaban J connectivity index is 0.000000429. The molecule has 0 fully saturated rings. The molecule has 0 aliphatic carbocycles. The van der Waals surface area contributed by atoms with Crippen LogP contribution in [0.1, 0.15) is 22.6 Å². The summed E-state index contributed by atoms with van der Waals surface area (Å²) >= 11 is 0. The Morgan fingerprint density at radius 2 is 1.89 bits per heavy atom. The van der Waals surface area contributed by atoms with Gasteiger partial charge in [0.15, 0.2) is 0 Å². The smallest absolute Gasteiger partial charge is 0.490 e. The third kappa shape index (κ3) is 7.19. The lowest BCUT2D eigenvalue weighted by Gasteiger charge is -2.26. The van der Waals surface area contributed by atoms with Gasteiger partial charge in [-0.15, -0.1) is 0 Å². The van der Waals surface area contributed by atoms with Crippen molar-refractivity contribution in [1.82, 2.24) is 15.0 Å². The maximum absolute atomic E-state index is 12.7. The van der Waals surface area contributed by atoms with Crippen molar-refractivity contribution >= 4 is 11.9 Å². The maximum Gasteiger partial charge on any atom is 0.490 e. The number of nitrogens with zero attached hydrogens (tertiary/aromatic N) is 3. The predicted molar refractivity (Wildman–Crippen MR) is 115 cm³/mol. The zero-order chi connectivity index (χ0) is 25.4. The topological polar surface area (TPSA) is 115 Å². The van der Waals surface area contributed by atoms with Crippen LogP contribution in [0.2, 0.25) is 0 Å². The van der Waals surface area contributed by atoms with E-state index in [4.69, 9.17) is 23.9 Å². The van der Waals surface area contributed by atoms with Crippen molar-refractivity contribution in [3.8, 4) is 11.5 Å². The van der Waals surface area contributed by atoms with Crippen LogP contribution in [0.15, 0.2) is 53.3 Å². The average Bonchev–Trinajstić information content (AvgIpc) is 3.26. The average molecular weight is 493 g/mol. The Labute approximate surface area is 198 Å². The number of rotatable bonds is 6. The van der Waals surface area contributed by atoms with Crippen LogP contribution < -0.4 is 9.47 Å². The van der Waals surface area contributed by atoms with Gasteiger partial charge in [-0.1, -0.05) is 17.3 Å². The van der Waals surface area contributed by atoms with Crippen LogP contribution in [0.3, 0.4) is 0 Å². The Morgan fingerprint density at radius 1 is 1.17 bits per heavy atom. The lowest BCUT2D eigenvalue weighted by atomic mass is 10.0. The fourth-order valence-electron chi connectivity index (χ4n) is 3.20. The van der Waals surface area contributed by atoms with Crippen LogP contribution >= 0.6 is 0 Å². The highest BCUT2D eigenvalue weighted by atomic mass is 19.4. The number of hydrogen-bond acceptors (Lipinski definition) is 7. The Hall–Kier alpha value is -4.09. The van der Waals surface area contributed by atoms with E-state index >= 15 is 0 Å². The zero-order valence-electron chi connectivity index (χ0n) is 18.6. The predicted octanol–water partition coefficient (Wildman–Crippen LogP) is 3.42. The molecule has 4 rings (SSSR count). The van der Waals surface area contributed by atoms with Gasteiger partial charge in [0, 0.05) is 24.7 Å². The van der Waals surface area contributed by atoms with Crippen molar-refractivity contribution in [2.24, 2.45) is 0 Å². The molecule has 186 valence electrons. The largest absolute Gasteiger partial charge is 0.497 e. The van der Waals surface area contributed by atoms with E-state index in [2.05, 4.69) is 10.1 Å². The number of benzene rings is 1. The molecule has 1 N–H and O–H groups in total. The monoisotopic (exact) mass is 493 g/mol. The minimum absolute atomic E-state index is 0.0798. The van der Waals surface area contributed by atoms with Crippen molar-refractivity contribution in [1.29, 1.82) is 0 Å². The standard InChI is InChI=1S/C21H21N3O4.C2HF3O2/c1-26-16-6-4-15(5-7-16)11-21(25)24-10-8-20-18(13-24)19(23-28-20)14-27-17-3-2-9-22-12-17;3-2(4,5)1(6)7/h2-7,9,12H,8,10-11,13-14H2,1H3;(H,6,7). The van der Waals surface area contributed by atoms with Crippen LogP contribution in [0, 0.1) is 0 Å². The van der Waals surface area contributed by atoms with E-state index in [1.165, 1.54) is 0 Å². The van der Waals surface area contributed by atoms with Gasteiger partial charge in [0.2, 0.25) is 5.91 Å². The number of aliphatic carboxylic acids is 1. The quantitative estimate of drug-likeness (QED) is 0.556. The summed E-state index contributed by atoms with van der Waals surface area (Å²) in [6, 6.07) is 11.2. The third-order valence-corrected chi connectivity index (χ3v) is 5.03. The van der Waals surface area contributed by atoms with Crippen molar-refractivity contribution < 1.29 is 41.9 Å². The molecule has 0 spiro atoms. The number of carboxylic acid groups (broad SMARTS) is 1. The van der Waals surface area contributed by atoms with Crippen molar-refractivity contribution in [3.63, 3.8) is 0 Å². The molecule has 9 nitrogen and oxygen atoms in total. The van der Waals surface area contributed by atoms with Gasteiger partial charge in [-0.3, -0.25) is 9.78 Å². The molecule has 0 saturated carbocycles. The number of alkyl halides is 3. The number of carboxylic acids is 1. The molecule has 12 heteroatoms. The summed E-state index contributed by atoms with van der Waals surface area (Å²) in [7, 11) is 1.63. The highest BCUT2D eigenvalue weighted by Crippen LogP contribution is 2.24. The molecule has 35 heavy (non-hydrogen) atoms. The van der Waals surface area contributed by atoms with Crippen LogP contribution in [0.5, 0.6) is 11.5 Å².